The van der Waals surface area contributed by atoms with Crippen LogP contribution < -0.4 is 17.0 Å². The number of hydrogen-bond acceptors (Lipinski definition) is 4. The molecule has 0 atom stereocenters. The third-order valence-corrected chi connectivity index (χ3v) is 3.55. The molecule has 98 valence electrons. The van der Waals surface area contributed by atoms with Crippen LogP contribution in [0.4, 0.5) is 0 Å². The Bertz CT molecular complexity index is 436. The Kier molecular flexibility index (Phi) is 5.68. The Balaban J connectivity index is 0.00000162. The minimum absolute atomic E-state index is 0. The highest BCUT2D eigenvalue weighted by Gasteiger charge is 2.17. The van der Waals surface area contributed by atoms with Gasteiger partial charge in [0.05, 0.1) is 12.7 Å². The van der Waals surface area contributed by atoms with Crippen LogP contribution in [0.15, 0.2) is 24.3 Å². The maximum Gasteiger partial charge on any atom is 0.337 e. The standard InChI is InChI=1S/C12H14N2O2S.BrH/c1-16-11(15)10-4-2-9(3-5-10)8-14-6-7-17-12(14)13;/h2-5,13H,6-8H2,1H3;1H/p-1. The summed E-state index contributed by atoms with van der Waals surface area (Å²) in [6.07, 6.45) is 0. The van der Waals surface area contributed by atoms with E-state index in [-0.39, 0.29) is 23.0 Å². The molecule has 0 unspecified atom stereocenters. The molecule has 0 aliphatic carbocycles. The predicted octanol–water partition coefficient (Wildman–Crippen LogP) is -1.04. The minimum Gasteiger partial charge on any atom is -1.00 e. The summed E-state index contributed by atoms with van der Waals surface area (Å²) in [4.78, 5) is 13.3. The normalized spacial score (nSPS) is 14.3. The van der Waals surface area contributed by atoms with Crippen LogP contribution in [-0.4, -0.2) is 35.4 Å². The quantitative estimate of drug-likeness (QED) is 0.720. The van der Waals surface area contributed by atoms with Gasteiger partial charge in [0.1, 0.15) is 0 Å². The monoisotopic (exact) mass is 329 g/mol. The van der Waals surface area contributed by atoms with Crippen LogP contribution in [0, 0.1) is 5.41 Å². The fourth-order valence-corrected chi connectivity index (χ4v) is 2.52. The van der Waals surface area contributed by atoms with Gasteiger partial charge in [-0.25, -0.2) is 4.79 Å². The van der Waals surface area contributed by atoms with Crippen molar-refractivity contribution in [2.45, 2.75) is 6.54 Å². The predicted molar refractivity (Wildman–Crippen MR) is 68.4 cm³/mol. The number of rotatable bonds is 3. The van der Waals surface area contributed by atoms with Crippen molar-refractivity contribution >= 4 is 22.9 Å². The average Bonchev–Trinajstić information content (AvgIpc) is 2.75. The summed E-state index contributed by atoms with van der Waals surface area (Å²) in [5, 5.41) is 8.34. The number of hydrogen-bond donors (Lipinski definition) is 1. The van der Waals surface area contributed by atoms with E-state index in [0.29, 0.717) is 10.7 Å². The van der Waals surface area contributed by atoms with E-state index >= 15 is 0 Å². The zero-order chi connectivity index (χ0) is 12.3. The summed E-state index contributed by atoms with van der Waals surface area (Å²) in [6.45, 7) is 1.65. The number of nitrogens with zero attached hydrogens (tertiary/aromatic N) is 1. The number of methoxy groups -OCH3 is 1. The Hall–Kier alpha value is -1.01. The van der Waals surface area contributed by atoms with Crippen LogP contribution in [0.5, 0.6) is 0 Å². The van der Waals surface area contributed by atoms with Crippen LogP contribution in [0.1, 0.15) is 15.9 Å². The molecule has 1 N–H and O–H groups in total. The number of carbonyl (C=O) groups is 1. The molecule has 18 heavy (non-hydrogen) atoms. The molecule has 0 saturated carbocycles. The van der Waals surface area contributed by atoms with Crippen molar-refractivity contribution in [2.75, 3.05) is 19.4 Å². The lowest BCUT2D eigenvalue weighted by Crippen LogP contribution is -3.00. The maximum absolute atomic E-state index is 11.3. The molecule has 0 spiro atoms. The van der Waals surface area contributed by atoms with E-state index in [1.54, 1.807) is 23.9 Å². The van der Waals surface area contributed by atoms with Crippen LogP contribution >= 0.6 is 11.8 Å². The van der Waals surface area contributed by atoms with Crippen molar-refractivity contribution in [1.29, 1.82) is 5.41 Å². The molecule has 1 fully saturated rings. The number of benzene rings is 1. The fraction of sp³-hybridized carbons (Fsp3) is 0.333. The molecule has 1 aliphatic heterocycles. The Morgan fingerprint density at radius 2 is 2.11 bits per heavy atom. The second-order valence-electron chi connectivity index (χ2n) is 3.76. The van der Waals surface area contributed by atoms with Crippen molar-refractivity contribution in [3.63, 3.8) is 0 Å². The number of thioether (sulfide) groups is 1. The SMILES string of the molecule is COC(=O)c1ccc(CN2CCSC2=N)cc1.[Br-]. The third-order valence-electron chi connectivity index (χ3n) is 2.64. The zero-order valence-electron chi connectivity index (χ0n) is 9.98. The number of halogens is 1. The molecule has 1 aliphatic rings. The van der Waals surface area contributed by atoms with E-state index in [4.69, 9.17) is 5.41 Å². The molecular weight excluding hydrogens is 316 g/mol. The van der Waals surface area contributed by atoms with Gasteiger partial charge in [0.25, 0.3) is 0 Å². The zero-order valence-corrected chi connectivity index (χ0v) is 12.4. The molecule has 1 aromatic carbocycles. The second-order valence-corrected chi connectivity index (χ2v) is 4.85. The maximum atomic E-state index is 11.3. The van der Waals surface area contributed by atoms with Crippen LogP contribution in [0.25, 0.3) is 0 Å². The van der Waals surface area contributed by atoms with E-state index in [9.17, 15) is 4.79 Å². The first-order valence-corrected chi connectivity index (χ1v) is 6.33. The van der Waals surface area contributed by atoms with Gasteiger partial charge in [0.15, 0.2) is 5.17 Å². The van der Waals surface area contributed by atoms with Gasteiger partial charge >= 0.3 is 5.97 Å². The molecule has 6 heteroatoms. The number of esters is 1. The van der Waals surface area contributed by atoms with Gasteiger partial charge in [-0.15, -0.1) is 0 Å². The Morgan fingerprint density at radius 1 is 1.44 bits per heavy atom. The number of nitrogens with one attached hydrogen (secondary N) is 1. The van der Waals surface area contributed by atoms with Crippen molar-refractivity contribution in [2.24, 2.45) is 0 Å². The smallest absolute Gasteiger partial charge is 0.337 e. The fourth-order valence-electron chi connectivity index (χ4n) is 1.68. The lowest BCUT2D eigenvalue weighted by molar-refractivity contribution is -0.0000183. The van der Waals surface area contributed by atoms with E-state index in [1.165, 1.54) is 7.11 Å². The summed E-state index contributed by atoms with van der Waals surface area (Å²) in [5.74, 6) is 0.667. The van der Waals surface area contributed by atoms with Crippen molar-refractivity contribution < 1.29 is 26.5 Å². The molecule has 0 amide bonds. The minimum atomic E-state index is -0.318. The molecule has 1 heterocycles. The third kappa shape index (κ3) is 3.49. The molecule has 0 aromatic heterocycles. The van der Waals surface area contributed by atoms with Gasteiger partial charge in [0.2, 0.25) is 0 Å². The van der Waals surface area contributed by atoms with Crippen LogP contribution in [0.3, 0.4) is 0 Å². The number of carbonyl (C=O) groups excluding carboxylic acids is 1. The Morgan fingerprint density at radius 3 is 2.61 bits per heavy atom. The van der Waals surface area contributed by atoms with Gasteiger partial charge in [-0.2, -0.15) is 0 Å². The van der Waals surface area contributed by atoms with E-state index in [0.717, 1.165) is 24.4 Å². The van der Waals surface area contributed by atoms with Crippen molar-refractivity contribution in [1.82, 2.24) is 4.90 Å². The number of ether oxygens (including phenoxy) is 1. The molecule has 0 radical (unpaired) electrons. The lowest BCUT2D eigenvalue weighted by Gasteiger charge is -2.16. The average molecular weight is 330 g/mol. The summed E-state index contributed by atoms with van der Waals surface area (Å²) < 4.78 is 4.64. The lowest BCUT2D eigenvalue weighted by atomic mass is 10.1. The Labute approximate surface area is 121 Å². The van der Waals surface area contributed by atoms with Gasteiger partial charge in [0, 0.05) is 18.8 Å². The first-order valence-electron chi connectivity index (χ1n) is 5.34. The van der Waals surface area contributed by atoms with Crippen LogP contribution in [0.2, 0.25) is 0 Å². The van der Waals surface area contributed by atoms with E-state index in [2.05, 4.69) is 4.74 Å². The van der Waals surface area contributed by atoms with Crippen molar-refractivity contribution in [3.8, 4) is 0 Å². The molecular formula is C12H14BrN2O2S-. The second kappa shape index (κ2) is 6.80. The van der Waals surface area contributed by atoms with Gasteiger partial charge in [-0.1, -0.05) is 23.9 Å². The molecule has 1 saturated heterocycles. The summed E-state index contributed by atoms with van der Waals surface area (Å²) in [6, 6.07) is 7.33. The first kappa shape index (κ1) is 15.0. The van der Waals surface area contributed by atoms with Crippen molar-refractivity contribution in [3.05, 3.63) is 35.4 Å². The van der Waals surface area contributed by atoms with E-state index in [1.807, 2.05) is 17.0 Å². The summed E-state index contributed by atoms with van der Waals surface area (Å²) in [5.41, 5.74) is 1.66. The molecule has 0 bridgehead atoms. The van der Waals surface area contributed by atoms with Gasteiger partial charge < -0.3 is 26.6 Å². The van der Waals surface area contributed by atoms with Gasteiger partial charge in [-0.3, -0.25) is 5.41 Å². The highest BCUT2D eigenvalue weighted by Crippen LogP contribution is 2.19. The highest BCUT2D eigenvalue weighted by molar-refractivity contribution is 8.14. The molecule has 4 nitrogen and oxygen atoms in total. The van der Waals surface area contributed by atoms with Crippen LogP contribution in [-0.2, 0) is 11.3 Å². The largest absolute Gasteiger partial charge is 1.00 e. The topological polar surface area (TPSA) is 53.4 Å². The van der Waals surface area contributed by atoms with Gasteiger partial charge in [-0.05, 0) is 17.7 Å². The molecule has 1 aromatic rings. The summed E-state index contributed by atoms with van der Waals surface area (Å²) in [7, 11) is 1.37. The first-order chi connectivity index (χ1) is 8.20. The summed E-state index contributed by atoms with van der Waals surface area (Å²) >= 11 is 1.57. The highest BCUT2D eigenvalue weighted by atomic mass is 79.9. The van der Waals surface area contributed by atoms with E-state index < -0.39 is 0 Å². The number of amidine groups is 1. The molecule has 2 rings (SSSR count).